The van der Waals surface area contributed by atoms with E-state index in [9.17, 15) is 5.11 Å². The molecule has 1 N–H and O–H groups in total. The van der Waals surface area contributed by atoms with E-state index in [1.165, 1.54) is 40.4 Å². The number of aliphatic hydroxyl groups is 1. The van der Waals surface area contributed by atoms with Gasteiger partial charge in [0.15, 0.2) is 0 Å². The normalized spacial score (nSPS) is 17.0. The van der Waals surface area contributed by atoms with E-state index in [1.54, 1.807) is 0 Å². The molecule has 25 heavy (non-hydrogen) atoms. The Kier molecular flexibility index (Phi) is 7.13. The third kappa shape index (κ3) is 5.97. The van der Waals surface area contributed by atoms with Crippen molar-refractivity contribution in [2.75, 3.05) is 26.2 Å². The summed E-state index contributed by atoms with van der Waals surface area (Å²) in [6.07, 6.45) is 4.68. The monoisotopic (exact) mass is 451 g/mol. The maximum absolute atomic E-state index is 10.2. The summed E-state index contributed by atoms with van der Waals surface area (Å²) in [6, 6.07) is 16.6. The Balaban J connectivity index is 1.48. The molecule has 2 aromatic carbocycles. The fraction of sp³-hybridized carbons (Fsp3) is 0.429. The number of benzene rings is 2. The van der Waals surface area contributed by atoms with E-state index in [4.69, 9.17) is 4.74 Å². The number of aliphatic hydroxyl groups excluding tert-OH is 1. The molecule has 3 rings (SSSR count). The minimum Gasteiger partial charge on any atom is -0.491 e. The predicted octanol–water partition coefficient (Wildman–Crippen LogP) is 4.57. The minimum atomic E-state index is -0.436. The SMILES string of the molecule is OC(COc1ccc(-c2ccc(I)cc2)cc1)CN1CCCCCC1. The topological polar surface area (TPSA) is 32.7 Å². The Morgan fingerprint density at radius 1 is 0.880 bits per heavy atom. The summed E-state index contributed by atoms with van der Waals surface area (Å²) in [7, 11) is 0. The summed E-state index contributed by atoms with van der Waals surface area (Å²) >= 11 is 2.31. The maximum Gasteiger partial charge on any atom is 0.119 e. The van der Waals surface area contributed by atoms with E-state index < -0.39 is 6.10 Å². The molecule has 1 fully saturated rings. The number of β-amino-alcohol motifs (C(OH)–C–C–N with tert-alkyl or cyclic N) is 1. The van der Waals surface area contributed by atoms with E-state index in [0.29, 0.717) is 13.2 Å². The molecule has 1 unspecified atom stereocenters. The van der Waals surface area contributed by atoms with Crippen LogP contribution < -0.4 is 4.74 Å². The van der Waals surface area contributed by atoms with Crippen molar-refractivity contribution in [2.24, 2.45) is 0 Å². The number of ether oxygens (including phenoxy) is 1. The second-order valence-electron chi connectivity index (χ2n) is 6.71. The third-order valence-corrected chi connectivity index (χ3v) is 5.36. The number of halogens is 1. The first-order valence-corrected chi connectivity index (χ1v) is 10.2. The van der Waals surface area contributed by atoms with Crippen LogP contribution in [0.1, 0.15) is 25.7 Å². The lowest BCUT2D eigenvalue weighted by Gasteiger charge is -2.23. The van der Waals surface area contributed by atoms with Crippen LogP contribution in [-0.2, 0) is 0 Å². The van der Waals surface area contributed by atoms with Gasteiger partial charge >= 0.3 is 0 Å². The van der Waals surface area contributed by atoms with Crippen LogP contribution in [0, 0.1) is 3.57 Å². The molecule has 0 radical (unpaired) electrons. The van der Waals surface area contributed by atoms with Gasteiger partial charge in [0.1, 0.15) is 18.5 Å². The molecule has 0 bridgehead atoms. The summed E-state index contributed by atoms with van der Waals surface area (Å²) in [5.41, 5.74) is 2.38. The second kappa shape index (κ2) is 9.55. The van der Waals surface area contributed by atoms with Crippen molar-refractivity contribution >= 4 is 22.6 Å². The van der Waals surface area contributed by atoms with Crippen molar-refractivity contribution in [3.05, 3.63) is 52.1 Å². The number of hydrogen-bond donors (Lipinski definition) is 1. The summed E-state index contributed by atoms with van der Waals surface area (Å²) in [4.78, 5) is 2.36. The van der Waals surface area contributed by atoms with Gasteiger partial charge in [-0.2, -0.15) is 0 Å². The highest BCUT2D eigenvalue weighted by molar-refractivity contribution is 14.1. The lowest BCUT2D eigenvalue weighted by molar-refractivity contribution is 0.0694. The van der Waals surface area contributed by atoms with Crippen molar-refractivity contribution in [3.63, 3.8) is 0 Å². The predicted molar refractivity (Wildman–Crippen MR) is 111 cm³/mol. The van der Waals surface area contributed by atoms with Gasteiger partial charge in [-0.05, 0) is 83.9 Å². The molecule has 0 aromatic heterocycles. The van der Waals surface area contributed by atoms with Crippen molar-refractivity contribution in [2.45, 2.75) is 31.8 Å². The average molecular weight is 451 g/mol. The van der Waals surface area contributed by atoms with Crippen molar-refractivity contribution < 1.29 is 9.84 Å². The molecule has 1 heterocycles. The van der Waals surface area contributed by atoms with Gasteiger partial charge in [0.05, 0.1) is 0 Å². The summed E-state index contributed by atoms with van der Waals surface area (Å²) in [5.74, 6) is 0.809. The molecule has 0 saturated carbocycles. The van der Waals surface area contributed by atoms with Gasteiger partial charge in [0.2, 0.25) is 0 Å². The molecular weight excluding hydrogens is 425 g/mol. The number of likely N-dealkylation sites (tertiary alicyclic amines) is 1. The zero-order chi connectivity index (χ0) is 17.5. The smallest absolute Gasteiger partial charge is 0.119 e. The van der Waals surface area contributed by atoms with Crippen molar-refractivity contribution in [1.82, 2.24) is 4.90 Å². The van der Waals surface area contributed by atoms with Gasteiger partial charge < -0.3 is 14.7 Å². The molecule has 0 aliphatic carbocycles. The first kappa shape index (κ1) is 18.7. The van der Waals surface area contributed by atoms with Crippen LogP contribution in [0.3, 0.4) is 0 Å². The van der Waals surface area contributed by atoms with Crippen LogP contribution in [-0.4, -0.2) is 42.4 Å². The standard InChI is InChI=1S/C21H26INO2/c22-19-9-5-17(6-10-19)18-7-11-21(12-8-18)25-16-20(24)15-23-13-3-1-2-4-14-23/h5-12,20,24H,1-4,13-16H2. The molecule has 1 saturated heterocycles. The molecule has 1 atom stereocenters. The van der Waals surface area contributed by atoms with Crippen LogP contribution in [0.2, 0.25) is 0 Å². The summed E-state index contributed by atoms with van der Waals surface area (Å²) in [6.45, 7) is 3.25. The first-order chi connectivity index (χ1) is 12.2. The molecule has 134 valence electrons. The van der Waals surface area contributed by atoms with Crippen LogP contribution in [0.15, 0.2) is 48.5 Å². The highest BCUT2D eigenvalue weighted by Crippen LogP contribution is 2.23. The molecule has 0 amide bonds. The number of hydrogen-bond acceptors (Lipinski definition) is 3. The lowest BCUT2D eigenvalue weighted by atomic mass is 10.1. The molecular formula is C21H26INO2. The summed E-state index contributed by atoms with van der Waals surface area (Å²) in [5, 5.41) is 10.2. The quantitative estimate of drug-likeness (QED) is 0.654. The number of nitrogens with zero attached hydrogens (tertiary/aromatic N) is 1. The maximum atomic E-state index is 10.2. The third-order valence-electron chi connectivity index (χ3n) is 4.64. The van der Waals surface area contributed by atoms with Crippen molar-refractivity contribution in [1.29, 1.82) is 0 Å². The van der Waals surface area contributed by atoms with Crippen molar-refractivity contribution in [3.8, 4) is 16.9 Å². The van der Waals surface area contributed by atoms with Gasteiger partial charge in [-0.1, -0.05) is 37.1 Å². The van der Waals surface area contributed by atoms with Crippen LogP contribution in [0.25, 0.3) is 11.1 Å². The van der Waals surface area contributed by atoms with E-state index in [1.807, 2.05) is 12.1 Å². The second-order valence-corrected chi connectivity index (χ2v) is 7.96. The zero-order valence-electron chi connectivity index (χ0n) is 14.5. The Bertz CT molecular complexity index is 634. The van der Waals surface area contributed by atoms with Gasteiger partial charge in [-0.3, -0.25) is 0 Å². The van der Waals surface area contributed by atoms with Crippen LogP contribution >= 0.6 is 22.6 Å². The molecule has 1 aliphatic heterocycles. The van der Waals surface area contributed by atoms with E-state index in [2.05, 4.69) is 63.9 Å². The Labute approximate surface area is 164 Å². The van der Waals surface area contributed by atoms with Crippen LogP contribution in [0.5, 0.6) is 5.75 Å². The largest absolute Gasteiger partial charge is 0.491 e. The minimum absolute atomic E-state index is 0.347. The molecule has 4 heteroatoms. The average Bonchev–Trinajstić information content (AvgIpc) is 2.90. The molecule has 1 aliphatic rings. The molecule has 3 nitrogen and oxygen atoms in total. The van der Waals surface area contributed by atoms with Gasteiger partial charge in [-0.25, -0.2) is 0 Å². The van der Waals surface area contributed by atoms with Gasteiger partial charge in [0.25, 0.3) is 0 Å². The Hall–Kier alpha value is -1.11. The summed E-state index contributed by atoms with van der Waals surface area (Å²) < 4.78 is 7.01. The Morgan fingerprint density at radius 2 is 1.44 bits per heavy atom. The lowest BCUT2D eigenvalue weighted by Crippen LogP contribution is -2.36. The fourth-order valence-corrected chi connectivity index (χ4v) is 3.61. The van der Waals surface area contributed by atoms with Crippen LogP contribution in [0.4, 0.5) is 0 Å². The van der Waals surface area contributed by atoms with E-state index >= 15 is 0 Å². The van der Waals surface area contributed by atoms with Gasteiger partial charge in [0, 0.05) is 10.1 Å². The van der Waals surface area contributed by atoms with E-state index in [-0.39, 0.29) is 0 Å². The number of rotatable bonds is 6. The molecule has 2 aromatic rings. The first-order valence-electron chi connectivity index (χ1n) is 9.10. The molecule has 0 spiro atoms. The highest BCUT2D eigenvalue weighted by atomic mass is 127. The Morgan fingerprint density at radius 3 is 2.04 bits per heavy atom. The van der Waals surface area contributed by atoms with Gasteiger partial charge in [-0.15, -0.1) is 0 Å². The van der Waals surface area contributed by atoms with E-state index in [0.717, 1.165) is 18.8 Å². The zero-order valence-corrected chi connectivity index (χ0v) is 16.7. The fourth-order valence-electron chi connectivity index (χ4n) is 3.25. The highest BCUT2D eigenvalue weighted by Gasteiger charge is 2.14.